The van der Waals surface area contributed by atoms with Crippen LogP contribution in [0.3, 0.4) is 0 Å². The number of sulfone groups is 1. The number of para-hydroxylation sites is 1. The van der Waals surface area contributed by atoms with E-state index in [9.17, 15) is 13.5 Å². The maximum Gasteiger partial charge on any atom is 0.177 e. The van der Waals surface area contributed by atoms with E-state index in [0.29, 0.717) is 17.1 Å². The van der Waals surface area contributed by atoms with E-state index in [1.54, 1.807) is 12.1 Å². The van der Waals surface area contributed by atoms with E-state index in [4.69, 9.17) is 0 Å². The van der Waals surface area contributed by atoms with E-state index in [1.807, 2.05) is 17.0 Å². The van der Waals surface area contributed by atoms with Gasteiger partial charge in [-0.2, -0.15) is 0 Å². The van der Waals surface area contributed by atoms with Crippen LogP contribution in [0.15, 0.2) is 29.2 Å². The van der Waals surface area contributed by atoms with E-state index in [-0.39, 0.29) is 12.6 Å². The standard InChI is InChI=1S/C14H23NO3S/c1-4-12(5-2)15(10-11-16)13-8-6-7-9-14(13)19(3,17)18/h6-9,12,16H,4-5,10-11H2,1-3H3. The Hall–Kier alpha value is -1.07. The highest BCUT2D eigenvalue weighted by Gasteiger charge is 2.21. The molecule has 0 heterocycles. The highest BCUT2D eigenvalue weighted by molar-refractivity contribution is 7.90. The monoisotopic (exact) mass is 285 g/mol. The van der Waals surface area contributed by atoms with E-state index in [2.05, 4.69) is 13.8 Å². The van der Waals surface area contributed by atoms with Gasteiger partial charge in [-0.15, -0.1) is 0 Å². The molecule has 4 nitrogen and oxygen atoms in total. The fourth-order valence-electron chi connectivity index (χ4n) is 2.34. The van der Waals surface area contributed by atoms with Crippen LogP contribution in [0, 0.1) is 0 Å². The first-order valence-electron chi connectivity index (χ1n) is 6.62. The Kier molecular flexibility index (Phi) is 5.82. The lowest BCUT2D eigenvalue weighted by atomic mass is 10.1. The number of benzene rings is 1. The van der Waals surface area contributed by atoms with Gasteiger partial charge in [-0.05, 0) is 25.0 Å². The summed E-state index contributed by atoms with van der Waals surface area (Å²) in [4.78, 5) is 2.33. The molecule has 0 atom stereocenters. The van der Waals surface area contributed by atoms with Gasteiger partial charge in [0.05, 0.1) is 17.2 Å². The van der Waals surface area contributed by atoms with Crippen molar-refractivity contribution in [1.82, 2.24) is 0 Å². The molecule has 0 saturated carbocycles. The van der Waals surface area contributed by atoms with Crippen molar-refractivity contribution in [2.24, 2.45) is 0 Å². The third-order valence-corrected chi connectivity index (χ3v) is 4.44. The molecule has 0 amide bonds. The zero-order chi connectivity index (χ0) is 14.5. The Labute approximate surface area is 116 Å². The van der Waals surface area contributed by atoms with Gasteiger partial charge in [0.15, 0.2) is 9.84 Å². The van der Waals surface area contributed by atoms with Gasteiger partial charge >= 0.3 is 0 Å². The van der Waals surface area contributed by atoms with Crippen molar-refractivity contribution < 1.29 is 13.5 Å². The van der Waals surface area contributed by atoms with Crippen LogP contribution in [0.5, 0.6) is 0 Å². The molecule has 0 fully saturated rings. The molecule has 0 bridgehead atoms. The normalized spacial score (nSPS) is 11.8. The molecule has 0 aliphatic carbocycles. The zero-order valence-electron chi connectivity index (χ0n) is 11.8. The molecule has 0 aliphatic heterocycles. The minimum Gasteiger partial charge on any atom is -0.395 e. The third-order valence-electron chi connectivity index (χ3n) is 3.30. The lowest BCUT2D eigenvalue weighted by Gasteiger charge is -2.33. The molecule has 19 heavy (non-hydrogen) atoms. The summed E-state index contributed by atoms with van der Waals surface area (Å²) in [6, 6.07) is 7.22. The van der Waals surface area contributed by atoms with Crippen molar-refractivity contribution in [2.45, 2.75) is 37.6 Å². The van der Waals surface area contributed by atoms with Crippen LogP contribution in [0.2, 0.25) is 0 Å². The van der Waals surface area contributed by atoms with Crippen molar-refractivity contribution >= 4 is 15.5 Å². The smallest absolute Gasteiger partial charge is 0.177 e. The van der Waals surface area contributed by atoms with Gasteiger partial charge in [0.25, 0.3) is 0 Å². The largest absolute Gasteiger partial charge is 0.395 e. The van der Waals surface area contributed by atoms with Crippen molar-refractivity contribution in [3.05, 3.63) is 24.3 Å². The maximum absolute atomic E-state index is 11.9. The van der Waals surface area contributed by atoms with E-state index in [0.717, 1.165) is 12.8 Å². The van der Waals surface area contributed by atoms with Crippen LogP contribution in [-0.4, -0.2) is 39.0 Å². The van der Waals surface area contributed by atoms with Crippen LogP contribution in [0.1, 0.15) is 26.7 Å². The fourth-order valence-corrected chi connectivity index (χ4v) is 3.24. The zero-order valence-corrected chi connectivity index (χ0v) is 12.7. The molecule has 108 valence electrons. The summed E-state index contributed by atoms with van der Waals surface area (Å²) in [5.74, 6) is 0. The highest BCUT2D eigenvalue weighted by atomic mass is 32.2. The molecule has 1 rings (SSSR count). The summed E-state index contributed by atoms with van der Waals surface area (Å²) in [5, 5.41) is 9.24. The van der Waals surface area contributed by atoms with Gasteiger partial charge in [0.1, 0.15) is 0 Å². The Bertz CT molecular complexity index is 495. The van der Waals surface area contributed by atoms with Gasteiger partial charge in [0, 0.05) is 18.8 Å². The number of hydrogen-bond acceptors (Lipinski definition) is 4. The van der Waals surface area contributed by atoms with Crippen molar-refractivity contribution in [3.63, 3.8) is 0 Å². The lowest BCUT2D eigenvalue weighted by molar-refractivity contribution is 0.295. The van der Waals surface area contributed by atoms with Gasteiger partial charge in [-0.1, -0.05) is 26.0 Å². The van der Waals surface area contributed by atoms with Crippen LogP contribution >= 0.6 is 0 Å². The van der Waals surface area contributed by atoms with Crippen molar-refractivity contribution in [1.29, 1.82) is 0 Å². The van der Waals surface area contributed by atoms with Crippen LogP contribution in [0.25, 0.3) is 0 Å². The topological polar surface area (TPSA) is 57.6 Å². The molecule has 0 unspecified atom stereocenters. The summed E-state index contributed by atoms with van der Waals surface area (Å²) in [5.41, 5.74) is 0.688. The first-order valence-corrected chi connectivity index (χ1v) is 8.51. The second-order valence-electron chi connectivity index (χ2n) is 4.63. The second-order valence-corrected chi connectivity index (χ2v) is 6.61. The molecule has 0 spiro atoms. The number of nitrogens with zero attached hydrogens (tertiary/aromatic N) is 1. The number of anilines is 1. The summed E-state index contributed by atoms with van der Waals surface area (Å²) in [6.07, 6.45) is 3.04. The number of aliphatic hydroxyl groups excluding tert-OH is 1. The van der Waals surface area contributed by atoms with Gasteiger partial charge in [0.2, 0.25) is 0 Å². The SMILES string of the molecule is CCC(CC)N(CCO)c1ccccc1S(C)(=O)=O. The minimum atomic E-state index is -3.27. The number of rotatable bonds is 7. The Morgan fingerprint density at radius 3 is 2.26 bits per heavy atom. The van der Waals surface area contributed by atoms with E-state index < -0.39 is 9.84 Å². The fraction of sp³-hybridized carbons (Fsp3) is 0.571. The minimum absolute atomic E-state index is 0.00853. The predicted molar refractivity (Wildman–Crippen MR) is 78.4 cm³/mol. The molecule has 0 aliphatic rings. The maximum atomic E-state index is 11.9. The average molecular weight is 285 g/mol. The summed E-state index contributed by atoms with van der Waals surface area (Å²) >= 11 is 0. The molecule has 1 N–H and O–H groups in total. The average Bonchev–Trinajstić information content (AvgIpc) is 2.38. The Morgan fingerprint density at radius 2 is 1.79 bits per heavy atom. The summed E-state index contributed by atoms with van der Waals surface area (Å²) in [6.45, 7) is 4.59. The second kappa shape index (κ2) is 6.91. The van der Waals surface area contributed by atoms with Gasteiger partial charge in [-0.25, -0.2) is 8.42 Å². The summed E-state index contributed by atoms with van der Waals surface area (Å²) < 4.78 is 23.7. The molecule has 5 heteroatoms. The molecule has 1 aromatic carbocycles. The van der Waals surface area contributed by atoms with Gasteiger partial charge < -0.3 is 10.0 Å². The molecule has 0 radical (unpaired) electrons. The third kappa shape index (κ3) is 3.94. The first-order chi connectivity index (χ1) is 8.95. The Morgan fingerprint density at radius 1 is 1.21 bits per heavy atom. The van der Waals surface area contributed by atoms with Crippen LogP contribution in [-0.2, 0) is 9.84 Å². The number of hydrogen-bond donors (Lipinski definition) is 1. The first kappa shape index (κ1) is 16.0. The molecule has 0 saturated heterocycles. The Balaban J connectivity index is 3.30. The number of aliphatic hydroxyl groups is 1. The van der Waals surface area contributed by atoms with Crippen molar-refractivity contribution in [3.8, 4) is 0 Å². The molecular formula is C14H23NO3S. The van der Waals surface area contributed by atoms with Gasteiger partial charge in [-0.3, -0.25) is 0 Å². The molecular weight excluding hydrogens is 262 g/mol. The van der Waals surface area contributed by atoms with Crippen LogP contribution < -0.4 is 4.90 Å². The summed E-state index contributed by atoms with van der Waals surface area (Å²) in [7, 11) is -3.27. The predicted octanol–water partition coefficient (Wildman–Crippen LogP) is 2.08. The van der Waals surface area contributed by atoms with Crippen LogP contribution in [0.4, 0.5) is 5.69 Å². The molecule has 0 aromatic heterocycles. The highest BCUT2D eigenvalue weighted by Crippen LogP contribution is 2.28. The van der Waals surface area contributed by atoms with E-state index >= 15 is 0 Å². The molecule has 1 aromatic rings. The lowest BCUT2D eigenvalue weighted by Crippen LogP contribution is -2.37. The van der Waals surface area contributed by atoms with Crippen molar-refractivity contribution in [2.75, 3.05) is 24.3 Å². The van der Waals surface area contributed by atoms with E-state index in [1.165, 1.54) is 6.26 Å². The quantitative estimate of drug-likeness (QED) is 0.833.